The summed E-state index contributed by atoms with van der Waals surface area (Å²) in [5.41, 5.74) is 3.58. The lowest BCUT2D eigenvalue weighted by atomic mass is 10.1. The van der Waals surface area contributed by atoms with Crippen molar-refractivity contribution < 1.29 is 19.1 Å². The molecule has 5 rings (SSSR count). The fourth-order valence-corrected chi connectivity index (χ4v) is 5.37. The number of ether oxygens (including phenoxy) is 2. The average molecular weight is 563 g/mol. The van der Waals surface area contributed by atoms with Crippen LogP contribution in [0.1, 0.15) is 36.1 Å². The number of hydrogen-bond acceptors (Lipinski definition) is 6. The predicted octanol–water partition coefficient (Wildman–Crippen LogP) is 4.56. The van der Waals surface area contributed by atoms with E-state index in [-0.39, 0.29) is 24.4 Å². The van der Waals surface area contributed by atoms with Gasteiger partial charge in [-0.15, -0.1) is 0 Å². The van der Waals surface area contributed by atoms with Gasteiger partial charge in [0, 0.05) is 41.6 Å². The van der Waals surface area contributed by atoms with Crippen LogP contribution >= 0.6 is 11.6 Å². The summed E-state index contributed by atoms with van der Waals surface area (Å²) < 4.78 is 11.4. The minimum Gasteiger partial charge on any atom is -0.494 e. The maximum Gasteiger partial charge on any atom is 0.247 e. The maximum atomic E-state index is 14.0. The van der Waals surface area contributed by atoms with E-state index < -0.39 is 6.04 Å². The number of anilines is 1. The lowest BCUT2D eigenvalue weighted by molar-refractivity contribution is -0.136. The van der Waals surface area contributed by atoms with Crippen LogP contribution in [0.25, 0.3) is 0 Å². The molecule has 9 heteroatoms. The van der Waals surface area contributed by atoms with Crippen molar-refractivity contribution in [2.45, 2.75) is 51.2 Å². The zero-order chi connectivity index (χ0) is 28.1. The van der Waals surface area contributed by atoms with Crippen molar-refractivity contribution in [3.05, 3.63) is 82.6 Å². The normalized spacial score (nSPS) is 17.0. The van der Waals surface area contributed by atoms with Gasteiger partial charge in [-0.2, -0.15) is 0 Å². The highest BCUT2D eigenvalue weighted by molar-refractivity contribution is 6.30. The first-order valence-electron chi connectivity index (χ1n) is 13.7. The molecule has 0 spiro atoms. The van der Waals surface area contributed by atoms with Crippen LogP contribution in [0.15, 0.2) is 60.8 Å². The number of aryl methyl sites for hydroxylation is 2. The summed E-state index contributed by atoms with van der Waals surface area (Å²) in [5, 5.41) is 3.79. The molecule has 210 valence electrons. The highest BCUT2D eigenvalue weighted by Gasteiger charge is 2.41. The second-order valence-electron chi connectivity index (χ2n) is 10.3. The van der Waals surface area contributed by atoms with Gasteiger partial charge in [0.1, 0.15) is 17.5 Å². The summed E-state index contributed by atoms with van der Waals surface area (Å²) in [5.74, 6) is 1.29. The quantitative estimate of drug-likeness (QED) is 0.345. The van der Waals surface area contributed by atoms with E-state index in [1.165, 1.54) is 0 Å². The molecule has 2 fully saturated rings. The first-order valence-corrected chi connectivity index (χ1v) is 14.1. The van der Waals surface area contributed by atoms with Gasteiger partial charge in [0.2, 0.25) is 11.8 Å². The van der Waals surface area contributed by atoms with Crippen molar-refractivity contribution in [1.82, 2.24) is 15.2 Å². The molecule has 1 atom stereocenters. The summed E-state index contributed by atoms with van der Waals surface area (Å²) in [7, 11) is 1.62. The number of halogens is 1. The lowest BCUT2D eigenvalue weighted by Crippen LogP contribution is -2.61. The molecular weight excluding hydrogens is 528 g/mol. The summed E-state index contributed by atoms with van der Waals surface area (Å²) in [4.78, 5) is 35.0. The van der Waals surface area contributed by atoms with E-state index in [9.17, 15) is 9.59 Å². The first kappa shape index (κ1) is 27.9. The monoisotopic (exact) mass is 562 g/mol. The van der Waals surface area contributed by atoms with E-state index >= 15 is 0 Å². The molecular formula is C31H35ClN4O4. The van der Waals surface area contributed by atoms with Crippen molar-refractivity contribution in [1.29, 1.82) is 0 Å². The van der Waals surface area contributed by atoms with Crippen LogP contribution in [-0.2, 0) is 22.6 Å². The SMILES string of the molecule is COc1c(CN(C(=O)[C@H]2CNCC(=O)N2c2ccc(CCCOc3cccc(Cl)c3)cc2)C2CC2)ccnc1C. The molecule has 8 nitrogen and oxygen atoms in total. The number of nitrogens with one attached hydrogen (secondary N) is 1. The Balaban J connectivity index is 1.26. The number of nitrogens with zero attached hydrogens (tertiary/aromatic N) is 3. The summed E-state index contributed by atoms with van der Waals surface area (Å²) in [6, 6.07) is 16.7. The molecule has 0 unspecified atom stereocenters. The van der Waals surface area contributed by atoms with Gasteiger partial charge in [-0.3, -0.25) is 19.5 Å². The van der Waals surface area contributed by atoms with Gasteiger partial charge >= 0.3 is 0 Å². The standard InChI is InChI=1S/C31H35ClN4O4/c1-21-30(39-2)23(14-15-34-21)20-35(25-12-13-25)31(38)28-18-33-19-29(37)36(28)26-10-8-22(9-11-26)5-4-16-40-27-7-3-6-24(32)17-27/h3,6-11,14-15,17,25,28,33H,4-5,12-13,16,18-20H2,1-2H3/t28-/m1/s1. The van der Waals surface area contributed by atoms with Crippen LogP contribution in [0.2, 0.25) is 5.02 Å². The van der Waals surface area contributed by atoms with Gasteiger partial charge in [-0.25, -0.2) is 0 Å². The highest BCUT2D eigenvalue weighted by atomic mass is 35.5. The Morgan fingerprint density at radius 1 is 1.18 bits per heavy atom. The molecule has 1 aliphatic carbocycles. The number of benzene rings is 2. The largest absolute Gasteiger partial charge is 0.494 e. The minimum absolute atomic E-state index is 0.0539. The molecule has 0 radical (unpaired) electrons. The van der Waals surface area contributed by atoms with E-state index in [1.807, 2.05) is 60.4 Å². The number of pyridine rings is 1. The van der Waals surface area contributed by atoms with Gasteiger partial charge in [-0.05, 0) is 74.6 Å². The molecule has 1 N–H and O–H groups in total. The molecule has 2 heterocycles. The van der Waals surface area contributed by atoms with Gasteiger partial charge in [0.25, 0.3) is 0 Å². The molecule has 1 saturated carbocycles. The minimum atomic E-state index is -0.618. The van der Waals surface area contributed by atoms with E-state index in [0.29, 0.717) is 30.5 Å². The van der Waals surface area contributed by atoms with Crippen molar-refractivity contribution in [2.24, 2.45) is 0 Å². The van der Waals surface area contributed by atoms with Crippen LogP contribution in [0.3, 0.4) is 0 Å². The van der Waals surface area contributed by atoms with E-state index in [1.54, 1.807) is 24.3 Å². The van der Waals surface area contributed by atoms with Crippen molar-refractivity contribution in [2.75, 3.05) is 31.7 Å². The Bertz CT molecular complexity index is 1350. The van der Waals surface area contributed by atoms with Crippen LogP contribution in [0.5, 0.6) is 11.5 Å². The van der Waals surface area contributed by atoms with Crippen LogP contribution in [0.4, 0.5) is 5.69 Å². The van der Waals surface area contributed by atoms with Gasteiger partial charge in [-0.1, -0.05) is 29.8 Å². The maximum absolute atomic E-state index is 14.0. The van der Waals surface area contributed by atoms with Crippen LogP contribution < -0.4 is 19.7 Å². The Morgan fingerprint density at radius 2 is 1.98 bits per heavy atom. The highest BCUT2D eigenvalue weighted by Crippen LogP contribution is 2.33. The average Bonchev–Trinajstić information content (AvgIpc) is 3.80. The summed E-state index contributed by atoms with van der Waals surface area (Å²) in [6.45, 7) is 3.50. The molecule has 2 aromatic carbocycles. The lowest BCUT2D eigenvalue weighted by Gasteiger charge is -2.38. The Labute approximate surface area is 240 Å². The van der Waals surface area contributed by atoms with Crippen molar-refractivity contribution in [3.8, 4) is 11.5 Å². The van der Waals surface area contributed by atoms with E-state index in [4.69, 9.17) is 21.1 Å². The molecule has 2 aliphatic rings. The zero-order valence-corrected chi connectivity index (χ0v) is 23.7. The number of hydrogen-bond donors (Lipinski definition) is 1. The topological polar surface area (TPSA) is 84.0 Å². The van der Waals surface area contributed by atoms with Gasteiger partial charge < -0.3 is 19.7 Å². The Morgan fingerprint density at radius 3 is 2.70 bits per heavy atom. The van der Waals surface area contributed by atoms with Crippen molar-refractivity contribution in [3.63, 3.8) is 0 Å². The first-order chi connectivity index (χ1) is 19.4. The number of carbonyl (C=O) groups excluding carboxylic acids is 2. The number of piperazine rings is 1. The third-order valence-electron chi connectivity index (χ3n) is 7.35. The molecule has 1 aromatic heterocycles. The van der Waals surface area contributed by atoms with Crippen LogP contribution in [0, 0.1) is 6.92 Å². The Hall–Kier alpha value is -3.62. The molecule has 3 aromatic rings. The molecule has 2 amide bonds. The fraction of sp³-hybridized carbons (Fsp3) is 0.387. The third-order valence-corrected chi connectivity index (χ3v) is 7.58. The number of rotatable bonds is 11. The smallest absolute Gasteiger partial charge is 0.247 e. The Kier molecular flexibility index (Phi) is 8.87. The zero-order valence-electron chi connectivity index (χ0n) is 22.9. The fourth-order valence-electron chi connectivity index (χ4n) is 5.19. The van der Waals surface area contributed by atoms with Crippen molar-refractivity contribution >= 4 is 29.1 Å². The summed E-state index contributed by atoms with van der Waals surface area (Å²) >= 11 is 6.02. The molecule has 1 saturated heterocycles. The van der Waals surface area contributed by atoms with E-state index in [2.05, 4.69) is 10.3 Å². The molecule has 0 bridgehead atoms. The number of carbonyl (C=O) groups is 2. The summed E-state index contributed by atoms with van der Waals surface area (Å²) in [6.07, 6.45) is 5.34. The van der Waals surface area contributed by atoms with Gasteiger partial charge in [0.15, 0.2) is 0 Å². The molecule has 40 heavy (non-hydrogen) atoms. The third kappa shape index (κ3) is 6.57. The van der Waals surface area contributed by atoms with Crippen LogP contribution in [-0.4, -0.2) is 60.6 Å². The van der Waals surface area contributed by atoms with E-state index in [0.717, 1.165) is 53.9 Å². The second kappa shape index (κ2) is 12.7. The van der Waals surface area contributed by atoms with Gasteiger partial charge in [0.05, 0.1) is 26.0 Å². The predicted molar refractivity (Wildman–Crippen MR) is 155 cm³/mol. The molecule has 1 aliphatic heterocycles. The second-order valence-corrected chi connectivity index (χ2v) is 10.7. The number of amides is 2. The number of aromatic nitrogens is 1. The number of methoxy groups -OCH3 is 1.